The number of carboxylic acid groups (broad SMARTS) is 2. The normalized spacial score (nSPS) is 9.52. The van der Waals surface area contributed by atoms with Crippen molar-refractivity contribution in [3.05, 3.63) is 29.8 Å². The van der Waals surface area contributed by atoms with Crippen LogP contribution >= 0.6 is 0 Å². The molecule has 0 fully saturated rings. The predicted molar refractivity (Wildman–Crippen MR) is 79.0 cm³/mol. The molecular weight excluding hydrogens is 310 g/mol. The number of carbonyl (C=O) groups is 3. The molecule has 9 heteroatoms. The lowest BCUT2D eigenvalue weighted by Gasteiger charge is -2.13. The van der Waals surface area contributed by atoms with Crippen LogP contribution in [0.15, 0.2) is 24.3 Å². The molecule has 9 nitrogen and oxygen atoms in total. The fourth-order valence-electron chi connectivity index (χ4n) is 1.44. The summed E-state index contributed by atoms with van der Waals surface area (Å²) in [4.78, 5) is 30.2. The van der Waals surface area contributed by atoms with E-state index in [-0.39, 0.29) is 11.3 Å². The number of carboxylic acids is 2. The molecule has 0 aliphatic rings. The van der Waals surface area contributed by atoms with Gasteiger partial charge in [0.1, 0.15) is 0 Å². The molecule has 1 rings (SSSR count). The number of methoxy groups -OCH3 is 3. The highest BCUT2D eigenvalue weighted by Gasteiger charge is 2.18. The maximum absolute atomic E-state index is 11.1. The molecular formula is C14H17NO8. The number of primary amides is 1. The second kappa shape index (κ2) is 9.66. The minimum atomic E-state index is -1.26. The number of nitrogens with two attached hydrogens (primary N) is 1. The number of rotatable bonds is 6. The number of aliphatic carboxylic acids is 2. The summed E-state index contributed by atoms with van der Waals surface area (Å²) in [5.41, 5.74) is 5.45. The maximum atomic E-state index is 11.1. The topological polar surface area (TPSA) is 145 Å². The lowest BCUT2D eigenvalue weighted by atomic mass is 10.1. The van der Waals surface area contributed by atoms with Crippen molar-refractivity contribution in [2.45, 2.75) is 0 Å². The van der Waals surface area contributed by atoms with E-state index in [0.717, 1.165) is 0 Å². The molecule has 0 saturated heterocycles. The van der Waals surface area contributed by atoms with Crippen molar-refractivity contribution in [2.24, 2.45) is 5.73 Å². The lowest BCUT2D eigenvalue weighted by Crippen LogP contribution is -2.13. The molecule has 1 aromatic carbocycles. The van der Waals surface area contributed by atoms with Crippen molar-refractivity contribution in [3.8, 4) is 17.2 Å². The van der Waals surface area contributed by atoms with Crippen LogP contribution in [0, 0.1) is 0 Å². The molecule has 0 atom stereocenters. The first kappa shape index (κ1) is 19.8. The van der Waals surface area contributed by atoms with E-state index >= 15 is 0 Å². The lowest BCUT2D eigenvalue weighted by molar-refractivity contribution is -0.134. The minimum Gasteiger partial charge on any atom is -0.493 e. The quantitative estimate of drug-likeness (QED) is 0.641. The summed E-state index contributed by atoms with van der Waals surface area (Å²) in [6.45, 7) is 0. The highest BCUT2D eigenvalue weighted by Crippen LogP contribution is 2.39. The Hall–Kier alpha value is -3.23. The average Bonchev–Trinajstić information content (AvgIpc) is 2.51. The first-order valence-electron chi connectivity index (χ1n) is 6.01. The van der Waals surface area contributed by atoms with Gasteiger partial charge < -0.3 is 30.2 Å². The van der Waals surface area contributed by atoms with Crippen LogP contribution in [0.1, 0.15) is 10.4 Å². The van der Waals surface area contributed by atoms with E-state index < -0.39 is 17.8 Å². The van der Waals surface area contributed by atoms with E-state index in [2.05, 4.69) is 0 Å². The summed E-state index contributed by atoms with van der Waals surface area (Å²) in [5, 5.41) is 15.6. The van der Waals surface area contributed by atoms with Crippen LogP contribution in [0.25, 0.3) is 0 Å². The SMILES string of the molecule is COc1ccc(C(N)=O)c(OC)c1OC.O=C(O)/C=C/C(=O)O. The van der Waals surface area contributed by atoms with Crippen molar-refractivity contribution >= 4 is 17.8 Å². The highest BCUT2D eigenvalue weighted by molar-refractivity contribution is 5.97. The van der Waals surface area contributed by atoms with Crippen LogP contribution in [0.4, 0.5) is 0 Å². The Labute approximate surface area is 131 Å². The Morgan fingerprint density at radius 2 is 1.39 bits per heavy atom. The molecule has 1 aromatic rings. The summed E-state index contributed by atoms with van der Waals surface area (Å²) in [5.74, 6) is -1.97. The van der Waals surface area contributed by atoms with Crippen molar-refractivity contribution in [1.82, 2.24) is 0 Å². The molecule has 0 heterocycles. The standard InChI is InChI=1S/C10H13NO4.C4H4O4/c1-13-7-5-4-6(10(11)12)8(14-2)9(7)15-3;5-3(6)1-2-4(7)8/h4-5H,1-3H3,(H2,11,12);1-2H,(H,5,6)(H,7,8)/b;2-1+. The van der Waals surface area contributed by atoms with Gasteiger partial charge in [0.25, 0.3) is 5.91 Å². The second-order valence-corrected chi connectivity index (χ2v) is 3.76. The van der Waals surface area contributed by atoms with Crippen LogP contribution in [0.2, 0.25) is 0 Å². The first-order chi connectivity index (χ1) is 10.8. The van der Waals surface area contributed by atoms with Gasteiger partial charge in [-0.3, -0.25) is 4.79 Å². The zero-order chi connectivity index (χ0) is 18.0. The number of carbonyl (C=O) groups excluding carboxylic acids is 1. The molecule has 0 bridgehead atoms. The average molecular weight is 327 g/mol. The van der Waals surface area contributed by atoms with Gasteiger partial charge >= 0.3 is 11.9 Å². The van der Waals surface area contributed by atoms with Gasteiger partial charge in [0.15, 0.2) is 11.5 Å². The van der Waals surface area contributed by atoms with Crippen molar-refractivity contribution in [1.29, 1.82) is 0 Å². The summed E-state index contributed by atoms with van der Waals surface area (Å²) < 4.78 is 15.2. The monoisotopic (exact) mass is 327 g/mol. The number of amides is 1. The summed E-state index contributed by atoms with van der Waals surface area (Å²) in [6, 6.07) is 3.13. The first-order valence-corrected chi connectivity index (χ1v) is 6.01. The van der Waals surface area contributed by atoms with E-state index in [1.165, 1.54) is 27.4 Å². The molecule has 4 N–H and O–H groups in total. The second-order valence-electron chi connectivity index (χ2n) is 3.76. The van der Waals surface area contributed by atoms with Gasteiger partial charge in [-0.05, 0) is 12.1 Å². The zero-order valence-corrected chi connectivity index (χ0v) is 12.7. The third-order valence-corrected chi connectivity index (χ3v) is 2.34. The maximum Gasteiger partial charge on any atom is 0.328 e. The Morgan fingerprint density at radius 3 is 1.70 bits per heavy atom. The van der Waals surface area contributed by atoms with Gasteiger partial charge in [-0.2, -0.15) is 0 Å². The Morgan fingerprint density at radius 1 is 0.913 bits per heavy atom. The van der Waals surface area contributed by atoms with Crippen molar-refractivity contribution in [2.75, 3.05) is 21.3 Å². The molecule has 126 valence electrons. The smallest absolute Gasteiger partial charge is 0.328 e. The van der Waals surface area contributed by atoms with Gasteiger partial charge in [0, 0.05) is 12.2 Å². The number of ether oxygens (including phenoxy) is 3. The van der Waals surface area contributed by atoms with Gasteiger partial charge in [-0.15, -0.1) is 0 Å². The fraction of sp³-hybridized carbons (Fsp3) is 0.214. The summed E-state index contributed by atoms with van der Waals surface area (Å²) in [7, 11) is 4.40. The third kappa shape index (κ3) is 6.38. The zero-order valence-electron chi connectivity index (χ0n) is 12.7. The Bertz CT molecular complexity index is 593. The van der Waals surface area contributed by atoms with Gasteiger partial charge in [0.05, 0.1) is 26.9 Å². The molecule has 0 radical (unpaired) electrons. The summed E-state index contributed by atoms with van der Waals surface area (Å²) in [6.07, 6.45) is 1.12. The number of hydrogen-bond acceptors (Lipinski definition) is 6. The van der Waals surface area contributed by atoms with E-state index in [1.807, 2.05) is 0 Å². The van der Waals surface area contributed by atoms with E-state index in [0.29, 0.717) is 23.7 Å². The largest absolute Gasteiger partial charge is 0.493 e. The summed E-state index contributed by atoms with van der Waals surface area (Å²) >= 11 is 0. The molecule has 0 spiro atoms. The van der Waals surface area contributed by atoms with Gasteiger partial charge in [-0.25, -0.2) is 9.59 Å². The van der Waals surface area contributed by atoms with Crippen molar-refractivity contribution in [3.63, 3.8) is 0 Å². The molecule has 0 aliphatic heterocycles. The third-order valence-electron chi connectivity index (χ3n) is 2.34. The molecule has 0 aromatic heterocycles. The molecule has 1 amide bonds. The van der Waals surface area contributed by atoms with Crippen LogP contribution in [0.3, 0.4) is 0 Å². The predicted octanol–water partition coefficient (Wildman–Crippen LogP) is 0.523. The van der Waals surface area contributed by atoms with E-state index in [4.69, 9.17) is 30.2 Å². The number of benzene rings is 1. The molecule has 23 heavy (non-hydrogen) atoms. The Balaban J connectivity index is 0.000000515. The van der Waals surface area contributed by atoms with Crippen LogP contribution < -0.4 is 19.9 Å². The van der Waals surface area contributed by atoms with Crippen LogP contribution in [-0.2, 0) is 9.59 Å². The van der Waals surface area contributed by atoms with E-state index in [1.54, 1.807) is 6.07 Å². The Kier molecular flexibility index (Phi) is 8.30. The highest BCUT2D eigenvalue weighted by atomic mass is 16.5. The van der Waals surface area contributed by atoms with E-state index in [9.17, 15) is 14.4 Å². The van der Waals surface area contributed by atoms with Crippen LogP contribution in [0.5, 0.6) is 17.2 Å². The number of hydrogen-bond donors (Lipinski definition) is 3. The molecule has 0 aliphatic carbocycles. The van der Waals surface area contributed by atoms with Crippen molar-refractivity contribution < 1.29 is 38.8 Å². The van der Waals surface area contributed by atoms with Gasteiger partial charge in [0.2, 0.25) is 5.75 Å². The van der Waals surface area contributed by atoms with Gasteiger partial charge in [-0.1, -0.05) is 0 Å². The molecule has 0 saturated carbocycles. The fourth-order valence-corrected chi connectivity index (χ4v) is 1.44. The molecule has 0 unspecified atom stereocenters. The minimum absolute atomic E-state index is 0.259. The van der Waals surface area contributed by atoms with Crippen LogP contribution in [-0.4, -0.2) is 49.4 Å².